The number of anilines is 2. The number of fused-ring (bicyclic) bond motifs is 1. The van der Waals surface area contributed by atoms with Crippen LogP contribution < -0.4 is 15.4 Å². The fourth-order valence-electron chi connectivity index (χ4n) is 4.13. The molecule has 7 nitrogen and oxygen atoms in total. The van der Waals surface area contributed by atoms with Crippen molar-refractivity contribution in [2.45, 2.75) is 17.6 Å². The van der Waals surface area contributed by atoms with Gasteiger partial charge in [0.2, 0.25) is 10.0 Å². The Morgan fingerprint density at radius 1 is 0.892 bits per heavy atom. The average Bonchev–Trinajstić information content (AvgIpc) is 2.91. The summed E-state index contributed by atoms with van der Waals surface area (Å²) in [6.45, 7) is 0.00375. The van der Waals surface area contributed by atoms with Crippen LogP contribution in [0.3, 0.4) is 0 Å². The Kier molecular flexibility index (Phi) is 7.14. The maximum atomic E-state index is 13.6. The monoisotopic (exact) mass is 533 g/mol. The lowest BCUT2D eigenvalue weighted by Crippen LogP contribution is -2.42. The number of hydrogen-bond acceptors (Lipinski definition) is 5. The third-order valence-electron chi connectivity index (χ3n) is 5.95. The summed E-state index contributed by atoms with van der Waals surface area (Å²) in [5.41, 5.74) is 2.67. The van der Waals surface area contributed by atoms with Crippen molar-refractivity contribution in [1.29, 1.82) is 0 Å². The zero-order valence-corrected chi connectivity index (χ0v) is 21.2. The molecule has 37 heavy (non-hydrogen) atoms. The molecule has 1 heterocycles. The summed E-state index contributed by atoms with van der Waals surface area (Å²) < 4.78 is 34.3. The van der Waals surface area contributed by atoms with Gasteiger partial charge < -0.3 is 15.4 Å². The van der Waals surface area contributed by atoms with Crippen molar-refractivity contribution < 1.29 is 17.9 Å². The fraction of sp³-hybridized carbons (Fsp3) is 0.107. The largest absolute Gasteiger partial charge is 0.484 e. The zero-order valence-electron chi connectivity index (χ0n) is 19.7. The molecule has 0 bridgehead atoms. The number of para-hydroxylation sites is 2. The number of amides is 1. The topological polar surface area (TPSA) is 87.7 Å². The van der Waals surface area contributed by atoms with E-state index in [0.29, 0.717) is 22.1 Å². The number of carbonyl (C=O) groups is 1. The van der Waals surface area contributed by atoms with Crippen molar-refractivity contribution in [3.63, 3.8) is 0 Å². The first-order valence-corrected chi connectivity index (χ1v) is 13.4. The molecule has 0 spiro atoms. The van der Waals surface area contributed by atoms with E-state index in [0.717, 1.165) is 11.1 Å². The molecule has 0 unspecified atom stereocenters. The van der Waals surface area contributed by atoms with E-state index in [-0.39, 0.29) is 24.0 Å². The van der Waals surface area contributed by atoms with Gasteiger partial charge in [0.15, 0.2) is 6.61 Å². The molecule has 4 aromatic carbocycles. The molecule has 1 atom stereocenters. The lowest BCUT2D eigenvalue weighted by atomic mass is 10.1. The van der Waals surface area contributed by atoms with E-state index in [1.807, 2.05) is 30.3 Å². The Labute approximate surface area is 220 Å². The van der Waals surface area contributed by atoms with Crippen LogP contribution in [0, 0.1) is 0 Å². The molecule has 0 aliphatic carbocycles. The molecule has 0 saturated carbocycles. The summed E-state index contributed by atoms with van der Waals surface area (Å²) in [6, 6.07) is 30.3. The van der Waals surface area contributed by atoms with Crippen LogP contribution in [-0.4, -0.2) is 25.2 Å². The smallest absolute Gasteiger partial charge is 0.262 e. The van der Waals surface area contributed by atoms with Crippen LogP contribution in [0.4, 0.5) is 11.4 Å². The number of hydrogen-bond donors (Lipinski definition) is 2. The third kappa shape index (κ3) is 5.46. The molecule has 0 aromatic heterocycles. The normalized spacial score (nSPS) is 16.3. The van der Waals surface area contributed by atoms with Gasteiger partial charge in [-0.3, -0.25) is 4.79 Å². The van der Waals surface area contributed by atoms with Crippen LogP contribution in [0.25, 0.3) is 0 Å². The van der Waals surface area contributed by atoms with Gasteiger partial charge in [-0.15, -0.1) is 0 Å². The van der Waals surface area contributed by atoms with Gasteiger partial charge >= 0.3 is 0 Å². The molecular formula is C28H24ClN3O4S. The molecule has 2 N–H and O–H groups in total. The van der Waals surface area contributed by atoms with E-state index in [4.69, 9.17) is 16.3 Å². The number of ether oxygens (including phenoxy) is 1. The lowest BCUT2D eigenvalue weighted by molar-refractivity contribution is -0.118. The van der Waals surface area contributed by atoms with Crippen LogP contribution >= 0.6 is 11.6 Å². The Hall–Kier alpha value is -3.85. The molecule has 188 valence electrons. The maximum Gasteiger partial charge on any atom is 0.262 e. The van der Waals surface area contributed by atoms with Crippen molar-refractivity contribution in [2.24, 2.45) is 0 Å². The highest BCUT2D eigenvalue weighted by Gasteiger charge is 2.38. The van der Waals surface area contributed by atoms with Crippen LogP contribution in [0.5, 0.6) is 5.75 Å². The third-order valence-corrected chi connectivity index (χ3v) is 8.15. The Balaban J connectivity index is 1.34. The van der Waals surface area contributed by atoms with Crippen LogP contribution in [0.15, 0.2) is 108 Å². The quantitative estimate of drug-likeness (QED) is 0.319. The second-order valence-corrected chi connectivity index (χ2v) is 10.7. The lowest BCUT2D eigenvalue weighted by Gasteiger charge is -2.37. The van der Waals surface area contributed by atoms with Gasteiger partial charge in [0.05, 0.1) is 16.4 Å². The minimum atomic E-state index is -3.77. The number of halogens is 1. The highest BCUT2D eigenvalue weighted by Crippen LogP contribution is 2.39. The predicted octanol–water partition coefficient (Wildman–Crippen LogP) is 5.67. The number of sulfonamides is 1. The van der Waals surface area contributed by atoms with Gasteiger partial charge in [0.25, 0.3) is 5.91 Å². The van der Waals surface area contributed by atoms with E-state index in [1.165, 1.54) is 4.31 Å². The van der Waals surface area contributed by atoms with Gasteiger partial charge in [-0.05, 0) is 47.5 Å². The van der Waals surface area contributed by atoms with E-state index < -0.39 is 16.2 Å². The maximum absolute atomic E-state index is 13.6. The van der Waals surface area contributed by atoms with Gasteiger partial charge in [0, 0.05) is 6.54 Å². The van der Waals surface area contributed by atoms with E-state index in [1.54, 1.807) is 72.8 Å². The highest BCUT2D eigenvalue weighted by molar-refractivity contribution is 7.89. The number of rotatable bonds is 7. The number of benzene rings is 4. The van der Waals surface area contributed by atoms with Crippen LogP contribution in [-0.2, 0) is 21.4 Å². The first-order chi connectivity index (χ1) is 17.9. The highest BCUT2D eigenvalue weighted by atomic mass is 35.5. The van der Waals surface area contributed by atoms with E-state index >= 15 is 0 Å². The molecular weight excluding hydrogens is 510 g/mol. The van der Waals surface area contributed by atoms with Crippen molar-refractivity contribution in [1.82, 2.24) is 4.31 Å². The summed E-state index contributed by atoms with van der Waals surface area (Å²) in [6.07, 6.45) is -0.627. The molecule has 9 heteroatoms. The first kappa shape index (κ1) is 24.8. The SMILES string of the molecule is O=C(COc1ccc([C@H]2Nc3ccccc3S(=O)(=O)N2Cc2ccccc2)cc1)Nc1ccccc1Cl. The minimum Gasteiger partial charge on any atom is -0.484 e. The van der Waals surface area contributed by atoms with Gasteiger partial charge in [-0.1, -0.05) is 78.3 Å². The average molecular weight is 534 g/mol. The van der Waals surface area contributed by atoms with Gasteiger partial charge in [-0.2, -0.15) is 4.31 Å². The van der Waals surface area contributed by atoms with E-state index in [9.17, 15) is 13.2 Å². The summed E-state index contributed by atoms with van der Waals surface area (Å²) in [4.78, 5) is 12.5. The molecule has 0 fully saturated rings. The van der Waals surface area contributed by atoms with Gasteiger partial charge in [0.1, 0.15) is 16.8 Å². The second-order valence-electron chi connectivity index (χ2n) is 8.46. The predicted molar refractivity (Wildman–Crippen MR) is 144 cm³/mol. The summed E-state index contributed by atoms with van der Waals surface area (Å²) in [5, 5.41) is 6.52. The van der Waals surface area contributed by atoms with E-state index in [2.05, 4.69) is 10.6 Å². The molecule has 1 aliphatic rings. The second kappa shape index (κ2) is 10.6. The van der Waals surface area contributed by atoms with Crippen molar-refractivity contribution in [3.05, 3.63) is 119 Å². The number of carbonyl (C=O) groups excluding carboxylic acids is 1. The number of nitrogens with zero attached hydrogens (tertiary/aromatic N) is 1. The Morgan fingerprint density at radius 3 is 2.32 bits per heavy atom. The standard InChI is InChI=1S/C28H24ClN3O4S/c29-23-10-4-5-11-24(23)30-27(33)19-36-22-16-14-21(15-17-22)28-31-25-12-6-7-13-26(25)37(34,35)32(28)18-20-8-2-1-3-9-20/h1-17,28,31H,18-19H2,(H,30,33)/t28-/m0/s1. The molecule has 1 aliphatic heterocycles. The van der Waals surface area contributed by atoms with Gasteiger partial charge in [-0.25, -0.2) is 8.42 Å². The molecule has 5 rings (SSSR count). The Morgan fingerprint density at radius 2 is 1.57 bits per heavy atom. The summed E-state index contributed by atoms with van der Waals surface area (Å²) in [5.74, 6) is 0.134. The molecule has 4 aromatic rings. The fourth-order valence-corrected chi connectivity index (χ4v) is 5.99. The van der Waals surface area contributed by atoms with Crippen molar-refractivity contribution in [2.75, 3.05) is 17.2 Å². The molecule has 0 saturated heterocycles. The minimum absolute atomic E-state index is 0.200. The first-order valence-electron chi connectivity index (χ1n) is 11.6. The summed E-state index contributed by atoms with van der Waals surface area (Å²) in [7, 11) is -3.77. The van der Waals surface area contributed by atoms with Crippen molar-refractivity contribution in [3.8, 4) is 5.75 Å². The van der Waals surface area contributed by atoms with Crippen LogP contribution in [0.2, 0.25) is 5.02 Å². The zero-order chi connectivity index (χ0) is 25.8. The summed E-state index contributed by atoms with van der Waals surface area (Å²) >= 11 is 6.08. The van der Waals surface area contributed by atoms with Crippen molar-refractivity contribution >= 4 is 38.9 Å². The molecule has 0 radical (unpaired) electrons. The number of nitrogens with one attached hydrogen (secondary N) is 2. The van der Waals surface area contributed by atoms with Crippen LogP contribution in [0.1, 0.15) is 17.3 Å². The molecule has 1 amide bonds. The Bertz CT molecular complexity index is 1510.